The van der Waals surface area contributed by atoms with Gasteiger partial charge in [0, 0.05) is 6.92 Å². The number of halogens is 1. The minimum atomic E-state index is 0. The van der Waals surface area contributed by atoms with Crippen molar-refractivity contribution in [1.82, 2.24) is 0 Å². The van der Waals surface area contributed by atoms with Crippen molar-refractivity contribution in [2.24, 2.45) is 4.40 Å². The van der Waals surface area contributed by atoms with Gasteiger partial charge >= 0.3 is 0 Å². The van der Waals surface area contributed by atoms with E-state index in [-0.39, 0.29) is 12.4 Å². The second kappa shape index (κ2) is 3.60. The monoisotopic (exact) mass is 156 g/mol. The fourth-order valence-corrected chi connectivity index (χ4v) is 1.74. The molecule has 0 saturated carbocycles. The third-order valence-corrected chi connectivity index (χ3v) is 2.10. The molecule has 42 valence electrons. The maximum atomic E-state index is 3.98. The number of quaternary nitrogens is 1. The first-order chi connectivity index (χ1) is 2.89. The van der Waals surface area contributed by atoms with Gasteiger partial charge in [-0.3, -0.25) is 0 Å². The standard InChI is InChI=1S/C2H4N2S2.ClH/c1-2-3-5-6-4-2;/h1H3,(H,3,4);1H. The van der Waals surface area contributed by atoms with Gasteiger partial charge in [0.2, 0.25) is 5.84 Å². The molecule has 1 rings (SSSR count). The Balaban J connectivity index is 0.000000360. The number of rotatable bonds is 0. The van der Waals surface area contributed by atoms with Gasteiger partial charge in [0.1, 0.15) is 11.0 Å². The van der Waals surface area contributed by atoms with Crippen LogP contribution in [0.3, 0.4) is 0 Å². The SMILES string of the molecule is CC1=NSS[NH2+]1.[Cl-]. The Morgan fingerprint density at radius 3 is 2.57 bits per heavy atom. The van der Waals surface area contributed by atoms with Gasteiger partial charge in [-0.15, -0.1) is 4.40 Å². The van der Waals surface area contributed by atoms with Crippen LogP contribution in [0.1, 0.15) is 6.92 Å². The zero-order valence-corrected chi connectivity index (χ0v) is 6.11. The molecule has 2 N–H and O–H groups in total. The second-order valence-electron chi connectivity index (χ2n) is 1.02. The molecule has 1 aliphatic rings. The van der Waals surface area contributed by atoms with Crippen molar-refractivity contribution in [3.63, 3.8) is 0 Å². The molecule has 0 unspecified atom stereocenters. The van der Waals surface area contributed by atoms with Gasteiger partial charge in [0.15, 0.2) is 11.0 Å². The minimum Gasteiger partial charge on any atom is -1.00 e. The molecule has 2 nitrogen and oxygen atoms in total. The Hall–Kier alpha value is 0.620. The van der Waals surface area contributed by atoms with Crippen molar-refractivity contribution >= 4 is 27.8 Å². The Morgan fingerprint density at radius 1 is 1.71 bits per heavy atom. The third-order valence-electron chi connectivity index (χ3n) is 0.443. The third kappa shape index (κ3) is 2.43. The first kappa shape index (κ1) is 7.62. The predicted octanol–water partition coefficient (Wildman–Crippen LogP) is -2.80. The summed E-state index contributed by atoms with van der Waals surface area (Å²) in [6.45, 7) is 1.99. The van der Waals surface area contributed by atoms with Crippen molar-refractivity contribution in [2.45, 2.75) is 6.92 Å². The van der Waals surface area contributed by atoms with Crippen LogP contribution in [0.25, 0.3) is 0 Å². The molecule has 0 atom stereocenters. The molecule has 5 heteroatoms. The summed E-state index contributed by atoms with van der Waals surface area (Å²) in [5.74, 6) is 1.13. The van der Waals surface area contributed by atoms with E-state index in [1.54, 1.807) is 11.0 Å². The first-order valence-electron chi connectivity index (χ1n) is 1.60. The summed E-state index contributed by atoms with van der Waals surface area (Å²) in [6, 6.07) is 0. The number of amidine groups is 1. The van der Waals surface area contributed by atoms with E-state index in [0.29, 0.717) is 0 Å². The van der Waals surface area contributed by atoms with E-state index in [1.807, 2.05) is 11.6 Å². The molecule has 0 aromatic heterocycles. The largest absolute Gasteiger partial charge is 1.00 e. The van der Waals surface area contributed by atoms with Gasteiger partial charge in [-0.25, -0.2) is 4.72 Å². The quantitative estimate of drug-likeness (QED) is 0.303. The number of nitrogens with two attached hydrogens (primary N) is 1. The lowest BCUT2D eigenvalue weighted by molar-refractivity contribution is -0.335. The van der Waals surface area contributed by atoms with Gasteiger partial charge in [-0.1, -0.05) is 0 Å². The van der Waals surface area contributed by atoms with E-state index in [4.69, 9.17) is 0 Å². The number of hydrogen-bond acceptors (Lipinski definition) is 3. The summed E-state index contributed by atoms with van der Waals surface area (Å²) < 4.78 is 6.01. The molecule has 0 spiro atoms. The highest BCUT2D eigenvalue weighted by molar-refractivity contribution is 8.74. The molecule has 0 radical (unpaired) electrons. The van der Waals surface area contributed by atoms with Crippen LogP contribution in [0.4, 0.5) is 0 Å². The lowest BCUT2D eigenvalue weighted by Gasteiger charge is -1.72. The van der Waals surface area contributed by atoms with E-state index in [1.165, 1.54) is 11.0 Å². The molecule has 0 aromatic carbocycles. The highest BCUT2D eigenvalue weighted by Gasteiger charge is 2.04. The summed E-state index contributed by atoms with van der Waals surface area (Å²) in [6.07, 6.45) is 0. The summed E-state index contributed by atoms with van der Waals surface area (Å²) in [4.78, 5) is 0. The molecule has 0 saturated heterocycles. The van der Waals surface area contributed by atoms with Gasteiger partial charge in [-0.2, -0.15) is 0 Å². The predicted molar refractivity (Wildman–Crippen MR) is 30.2 cm³/mol. The smallest absolute Gasteiger partial charge is 0.216 e. The highest BCUT2D eigenvalue weighted by Crippen LogP contribution is 2.16. The Morgan fingerprint density at radius 2 is 2.43 bits per heavy atom. The molecular weight excluding hydrogens is 152 g/mol. The van der Waals surface area contributed by atoms with Crippen molar-refractivity contribution < 1.29 is 17.1 Å². The van der Waals surface area contributed by atoms with E-state index < -0.39 is 0 Å². The lowest BCUT2D eigenvalue weighted by Crippen LogP contribution is -3.00. The van der Waals surface area contributed by atoms with Crippen molar-refractivity contribution in [2.75, 3.05) is 0 Å². The molecule has 7 heavy (non-hydrogen) atoms. The molecule has 0 aromatic rings. The zero-order chi connectivity index (χ0) is 4.41. The van der Waals surface area contributed by atoms with Crippen molar-refractivity contribution in [3.8, 4) is 0 Å². The maximum absolute atomic E-state index is 3.98. The van der Waals surface area contributed by atoms with Gasteiger partial charge in [-0.05, 0) is 0 Å². The van der Waals surface area contributed by atoms with Crippen LogP contribution in [0.5, 0.6) is 0 Å². The topological polar surface area (TPSA) is 29.0 Å². The second-order valence-corrected chi connectivity index (χ2v) is 2.81. The average molecular weight is 157 g/mol. The molecular formula is C2H5ClN2S2. The van der Waals surface area contributed by atoms with Crippen LogP contribution in [0.2, 0.25) is 0 Å². The van der Waals surface area contributed by atoms with E-state index in [9.17, 15) is 0 Å². The number of hydrogen-bond donors (Lipinski definition) is 1. The lowest BCUT2D eigenvalue weighted by atomic mass is 10.8. The molecule has 0 amide bonds. The molecule has 0 fully saturated rings. The van der Waals surface area contributed by atoms with Crippen molar-refractivity contribution in [1.29, 1.82) is 0 Å². The fraction of sp³-hybridized carbons (Fsp3) is 0.500. The first-order valence-corrected chi connectivity index (χ1v) is 3.77. The molecule has 1 heterocycles. The Labute approximate surface area is 56.6 Å². The van der Waals surface area contributed by atoms with Crippen LogP contribution in [0.15, 0.2) is 4.40 Å². The average Bonchev–Trinajstić information content (AvgIpc) is 1.86. The van der Waals surface area contributed by atoms with Crippen LogP contribution in [0, 0.1) is 0 Å². The van der Waals surface area contributed by atoms with Crippen LogP contribution < -0.4 is 17.1 Å². The maximum Gasteiger partial charge on any atom is 0.216 e. The van der Waals surface area contributed by atoms with Gasteiger partial charge in [0.05, 0.1) is 0 Å². The summed E-state index contributed by atoms with van der Waals surface area (Å²) in [5, 5.41) is 0. The van der Waals surface area contributed by atoms with Crippen LogP contribution in [-0.4, -0.2) is 5.84 Å². The Kier molecular flexibility index (Phi) is 3.92. The van der Waals surface area contributed by atoms with E-state index in [0.717, 1.165) is 5.84 Å². The molecule has 0 bridgehead atoms. The molecule has 1 aliphatic heterocycles. The highest BCUT2D eigenvalue weighted by atomic mass is 35.5. The van der Waals surface area contributed by atoms with Crippen LogP contribution >= 0.6 is 22.0 Å². The van der Waals surface area contributed by atoms with Gasteiger partial charge in [0.25, 0.3) is 0 Å². The summed E-state index contributed by atoms with van der Waals surface area (Å²) in [5.41, 5.74) is 0. The number of nitrogens with zero attached hydrogens (tertiary/aromatic N) is 1. The normalized spacial score (nSPS) is 18.1. The minimum absolute atomic E-state index is 0. The zero-order valence-electron chi connectivity index (χ0n) is 3.72. The van der Waals surface area contributed by atoms with E-state index in [2.05, 4.69) is 4.40 Å². The van der Waals surface area contributed by atoms with Gasteiger partial charge < -0.3 is 12.4 Å². The van der Waals surface area contributed by atoms with Crippen LogP contribution in [-0.2, 0) is 0 Å². The van der Waals surface area contributed by atoms with Crippen molar-refractivity contribution in [3.05, 3.63) is 0 Å². The summed E-state index contributed by atoms with van der Waals surface area (Å²) in [7, 11) is 3.20. The Bertz CT molecular complexity index is 83.8. The van der Waals surface area contributed by atoms with E-state index >= 15 is 0 Å². The fourth-order valence-electron chi connectivity index (χ4n) is 0.193. The summed E-state index contributed by atoms with van der Waals surface area (Å²) >= 11 is 0. The molecule has 0 aliphatic carbocycles.